The van der Waals surface area contributed by atoms with Crippen LogP contribution in [0.5, 0.6) is 0 Å². The van der Waals surface area contributed by atoms with Crippen molar-refractivity contribution < 1.29 is 71.7 Å². The van der Waals surface area contributed by atoms with E-state index in [9.17, 15) is 28.5 Å². The number of carbonyl (C=O) groups excluding carboxylic acids is 10. The zero-order chi connectivity index (χ0) is 82.1. The fourth-order valence-corrected chi connectivity index (χ4v) is 15.0. The molecule has 5 aromatic carbocycles. The number of hydrogen-bond acceptors (Lipinski definition) is 18. The Kier molecular flexibility index (Phi) is 31.5. The zero-order valence-electron chi connectivity index (χ0n) is 63.5. The van der Waals surface area contributed by atoms with Crippen molar-refractivity contribution in [3.63, 3.8) is 0 Å². The number of benzene rings is 5. The molecule has 112 heavy (non-hydrogen) atoms. The molecule has 2 aliphatic rings. The maximum Gasteiger partial charge on any atom is 0.261 e. The van der Waals surface area contributed by atoms with Crippen LogP contribution in [0.4, 0.5) is 0 Å². The van der Waals surface area contributed by atoms with Crippen molar-refractivity contribution in [1.82, 2.24) is 67.5 Å². The Labute approximate surface area is 671 Å². The van der Waals surface area contributed by atoms with E-state index >= 15 is 43.2 Å². The third kappa shape index (κ3) is 24.6. The van der Waals surface area contributed by atoms with Crippen molar-refractivity contribution in [2.75, 3.05) is 52.4 Å². The van der Waals surface area contributed by atoms with Crippen LogP contribution in [0.2, 0.25) is 20.1 Å². The first-order valence-electron chi connectivity index (χ1n) is 36.8. The van der Waals surface area contributed by atoms with Crippen LogP contribution in [-0.2, 0) is 89.9 Å². The van der Waals surface area contributed by atoms with Gasteiger partial charge in [0.1, 0.15) is 52.1 Å². The number of amides is 10. The van der Waals surface area contributed by atoms with Crippen molar-refractivity contribution in [1.29, 1.82) is 0 Å². The summed E-state index contributed by atoms with van der Waals surface area (Å²) in [6, 6.07) is 17.9. The van der Waals surface area contributed by atoms with Gasteiger partial charge in [0.15, 0.2) is 11.7 Å². The molecular weight excluding hydrogens is 1550 g/mol. The monoisotopic (exact) mass is 1640 g/mol. The lowest BCUT2D eigenvalue weighted by Crippen LogP contribution is -2.70. The Morgan fingerprint density at radius 1 is 0.589 bits per heavy atom. The molecule has 8 rings (SSSR count). The molecule has 3 heterocycles. The Hall–Kier alpha value is -8.79. The van der Waals surface area contributed by atoms with E-state index in [2.05, 4.69) is 52.8 Å². The molecular formula is C78H100Cl4N14O15S. The molecule has 1 aromatic heterocycles. The Balaban J connectivity index is 1.28. The van der Waals surface area contributed by atoms with Crippen LogP contribution in [0.1, 0.15) is 88.1 Å². The van der Waals surface area contributed by atoms with Crippen LogP contribution in [0, 0.1) is 11.3 Å². The number of H-pyrrole nitrogens is 1. The number of rotatable bonds is 18. The fourth-order valence-electron chi connectivity index (χ4n) is 13.6. The summed E-state index contributed by atoms with van der Waals surface area (Å²) in [7, 11) is -1.23. The van der Waals surface area contributed by atoms with Gasteiger partial charge in [-0.2, -0.15) is 0 Å². The molecule has 6 aromatic rings. The number of likely N-dealkylation sites (N-methyl/N-ethyl adjacent to an activating group) is 2. The second-order valence-electron chi connectivity index (χ2n) is 29.7. The summed E-state index contributed by atoms with van der Waals surface area (Å²) in [5.74, 6) is -11.6. The van der Waals surface area contributed by atoms with E-state index in [0.717, 1.165) is 11.2 Å². The van der Waals surface area contributed by atoms with E-state index in [1.54, 1.807) is 121 Å². The minimum atomic E-state index is -3.93. The second kappa shape index (κ2) is 39.8. The number of nitrogens with zero attached hydrogens (tertiary/aromatic N) is 3. The highest BCUT2D eigenvalue weighted by Gasteiger charge is 2.45. The molecule has 29 nitrogen and oxygen atoms in total. The van der Waals surface area contributed by atoms with Gasteiger partial charge < -0.3 is 78.4 Å². The number of aromatic nitrogens is 1. The molecule has 2 aliphatic heterocycles. The molecule has 0 saturated carbocycles. The van der Waals surface area contributed by atoms with E-state index in [-0.39, 0.29) is 65.2 Å². The van der Waals surface area contributed by atoms with Gasteiger partial charge in [-0.1, -0.05) is 141 Å². The molecule has 0 radical (unpaired) electrons. The number of sulfone groups is 1. The van der Waals surface area contributed by atoms with Gasteiger partial charge in [0.2, 0.25) is 41.4 Å². The number of nitrogens with one attached hydrogen (secondary N) is 10. The third-order valence-corrected chi connectivity index (χ3v) is 22.3. The average molecular weight is 1650 g/mol. The Morgan fingerprint density at radius 2 is 1.12 bits per heavy atom. The first-order chi connectivity index (χ1) is 52.9. The maximum atomic E-state index is 15.8. The lowest BCUT2D eigenvalue weighted by Gasteiger charge is -2.39. The summed E-state index contributed by atoms with van der Waals surface area (Å²) in [5.41, 5.74) is 7.17. The maximum absolute atomic E-state index is 15.8. The van der Waals surface area contributed by atoms with Gasteiger partial charge in [-0.25, -0.2) is 8.42 Å². The minimum Gasteiger partial charge on any atom is -0.394 e. The lowest BCUT2D eigenvalue weighted by atomic mass is 9.75. The van der Waals surface area contributed by atoms with Crippen molar-refractivity contribution in [2.45, 2.75) is 165 Å². The Morgan fingerprint density at radius 3 is 1.67 bits per heavy atom. The molecule has 34 heteroatoms. The van der Waals surface area contributed by atoms with Crippen LogP contribution in [0.25, 0.3) is 10.9 Å². The van der Waals surface area contributed by atoms with Gasteiger partial charge in [0.25, 0.3) is 17.7 Å². The molecule has 0 spiro atoms. The van der Waals surface area contributed by atoms with E-state index in [4.69, 9.17) is 52.1 Å². The molecule has 10 amide bonds. The van der Waals surface area contributed by atoms with Gasteiger partial charge in [0.05, 0.1) is 37.4 Å². The molecule has 0 bridgehead atoms. The molecule has 0 aliphatic carbocycles. The van der Waals surface area contributed by atoms with Gasteiger partial charge in [-0.15, -0.1) is 0 Å². The first-order valence-corrected chi connectivity index (χ1v) is 40.3. The molecule has 2 fully saturated rings. The minimum absolute atomic E-state index is 0.0963. The molecule has 15 N–H and O–H groups in total. The van der Waals surface area contributed by atoms with E-state index in [1.807, 2.05) is 20.8 Å². The highest BCUT2D eigenvalue weighted by molar-refractivity contribution is 7.90. The van der Waals surface area contributed by atoms with Crippen LogP contribution in [-0.4, -0.2) is 227 Å². The van der Waals surface area contributed by atoms with E-state index in [0.29, 0.717) is 56.6 Å². The summed E-state index contributed by atoms with van der Waals surface area (Å²) < 4.78 is 25.9. The number of likely N-dealkylation sites (tertiary alicyclic amines) is 1. The number of nitrogens with two attached hydrogens (primary N) is 1. The van der Waals surface area contributed by atoms with Crippen molar-refractivity contribution in [3.05, 3.63) is 175 Å². The van der Waals surface area contributed by atoms with E-state index in [1.165, 1.54) is 43.8 Å². The quantitative estimate of drug-likeness (QED) is 0.0550. The number of aliphatic hydroxyl groups is 3. The van der Waals surface area contributed by atoms with Crippen LogP contribution in [0.3, 0.4) is 0 Å². The molecule has 2 saturated heterocycles. The Bertz CT molecular complexity index is 4470. The number of fused-ring (bicyclic) bond motifs is 1. The topological polar surface area (TPSA) is 425 Å². The highest BCUT2D eigenvalue weighted by atomic mass is 35.5. The fraction of sp³-hybridized carbons (Fsp3) is 0.462. The number of piperidine rings is 1. The lowest BCUT2D eigenvalue weighted by molar-refractivity contribution is -0.145. The van der Waals surface area contributed by atoms with Gasteiger partial charge in [0, 0.05) is 95.7 Å². The first kappa shape index (κ1) is 88.8. The summed E-state index contributed by atoms with van der Waals surface area (Å²) in [6.45, 7) is 6.94. The number of hydrogen-bond donors (Lipinski definition) is 14. The molecule has 606 valence electrons. The summed E-state index contributed by atoms with van der Waals surface area (Å²) in [6.07, 6.45) is -3.38. The van der Waals surface area contributed by atoms with Crippen LogP contribution >= 0.6 is 46.4 Å². The third-order valence-electron chi connectivity index (χ3n) is 20.4. The number of para-hydroxylation sites is 1. The van der Waals surface area contributed by atoms with Gasteiger partial charge in [-0.3, -0.25) is 58.2 Å². The van der Waals surface area contributed by atoms with Crippen molar-refractivity contribution in [3.8, 4) is 0 Å². The van der Waals surface area contributed by atoms with E-state index < -0.39 is 180 Å². The van der Waals surface area contributed by atoms with Crippen LogP contribution < -0.4 is 53.6 Å². The predicted molar refractivity (Wildman–Crippen MR) is 425 cm³/mol. The molecule has 2 unspecified atom stereocenters. The standard InChI is InChI=1S/C78H100Cl4N14O15S/c1-9-78(83)76(109)89-58(36-46-15-12-18-52(80)33-46)69(102)92-66(75(108)96-30-27-50(28-31-96)77(3,4)5)73(106)88-61(42-97)70(103)85-57(29-32-112(8,110)111)67(100)91-63(39-48-17-14-20-54(82)35-48)95(7)64(43-98)90-65(44(2)99)72(105)86-59(40-49-41-84-56-22-11-10-21-55(49)56)68(101)87-60(37-47-16-13-19-53(81)34-47)74(107)94(6)62(71(104)93-78)38-45-23-25-51(79)26-24-45/h10-26,33-35,41,44,50,57-66,84,90,97-99H,9,27-32,36-40,42-43,83H2,1-8H3,(H,85,103)(H,86,105)(H,87,101)(H,88,106)(H,89,109)(H,91,100)(H,92,102)(H,93,104)/t44-,57+,58+,59+,60+,61+,62+,63?,64+,65+,66?,78+/m1/s1. The number of aliphatic hydroxyl groups excluding tert-OH is 3. The zero-order valence-corrected chi connectivity index (χ0v) is 67.4. The number of carbonyl (C=O) groups is 10. The highest BCUT2D eigenvalue weighted by Crippen LogP contribution is 2.35. The summed E-state index contributed by atoms with van der Waals surface area (Å²) >= 11 is 25.9. The summed E-state index contributed by atoms with van der Waals surface area (Å²) in [5, 5.41) is 59.6. The van der Waals surface area contributed by atoms with Crippen molar-refractivity contribution >= 4 is 126 Å². The second-order valence-corrected chi connectivity index (χ2v) is 33.7. The van der Waals surface area contributed by atoms with Crippen molar-refractivity contribution in [2.24, 2.45) is 17.1 Å². The number of halogens is 4. The van der Waals surface area contributed by atoms with Gasteiger partial charge in [-0.05, 0) is 133 Å². The predicted octanol–water partition coefficient (Wildman–Crippen LogP) is 2.97. The normalized spacial score (nSPS) is 24.6. The molecule has 12 atom stereocenters. The number of aromatic amines is 1. The largest absolute Gasteiger partial charge is 0.394 e. The van der Waals surface area contributed by atoms with Crippen LogP contribution in [0.15, 0.2) is 128 Å². The van der Waals surface area contributed by atoms with Gasteiger partial charge >= 0.3 is 0 Å². The SMILES string of the molecule is CC[C@]1(N)NC(=O)[C@H](Cc2ccc(Cl)cc2)N(C)C(=O)[C@H](Cc2cccc(Cl)c2)NC(=O)[C@H](Cc2c[nH]c3ccccc23)NC(=O)[C@H]([C@@H](C)O)N[C@H](CO)N(C)C(Cc2cccc(Cl)c2)NC(=O)[C@H](CCS(C)(=O)=O)NC(=O)[C@H](CO)NC(=O)C(C(=O)N2CCC(C(C)(C)C)CC2)NC(=O)[C@H](Cc2cccc(Cl)c2)NC1=O. The smallest absolute Gasteiger partial charge is 0.261 e. The average Bonchev–Trinajstić information content (AvgIpc) is 1.40. The summed E-state index contributed by atoms with van der Waals surface area (Å²) in [4.78, 5) is 160.